The topological polar surface area (TPSA) is 61.4 Å². The fourth-order valence-corrected chi connectivity index (χ4v) is 3.60. The zero-order valence-corrected chi connectivity index (χ0v) is 12.5. The van der Waals surface area contributed by atoms with Crippen molar-refractivity contribution in [3.8, 4) is 0 Å². The Bertz CT molecular complexity index is 427. The first-order chi connectivity index (χ1) is 9.74. The monoisotopic (exact) mass is 294 g/mol. The zero-order chi connectivity index (χ0) is 14.4. The molecule has 110 valence electrons. The molecule has 3 N–H and O–H groups in total. The molecule has 0 bridgehead atoms. The van der Waals surface area contributed by atoms with Gasteiger partial charge in [-0.25, -0.2) is 4.79 Å². The van der Waals surface area contributed by atoms with Gasteiger partial charge in [-0.2, -0.15) is 11.8 Å². The van der Waals surface area contributed by atoms with Gasteiger partial charge in [-0.1, -0.05) is 36.8 Å². The highest BCUT2D eigenvalue weighted by Crippen LogP contribution is 2.28. The van der Waals surface area contributed by atoms with Crippen LogP contribution in [0.5, 0.6) is 0 Å². The molecule has 0 heterocycles. The third kappa shape index (κ3) is 3.90. The fourth-order valence-electron chi connectivity index (χ4n) is 2.66. The van der Waals surface area contributed by atoms with E-state index < -0.39 is 0 Å². The van der Waals surface area contributed by atoms with Gasteiger partial charge >= 0.3 is 6.03 Å². The molecule has 20 heavy (non-hydrogen) atoms. The Labute approximate surface area is 124 Å². The van der Waals surface area contributed by atoms with Crippen molar-refractivity contribution in [2.45, 2.75) is 36.6 Å². The molecule has 0 radical (unpaired) electrons. The van der Waals surface area contributed by atoms with Gasteiger partial charge in [-0.3, -0.25) is 0 Å². The van der Waals surface area contributed by atoms with Crippen LogP contribution in [0.4, 0.5) is 4.79 Å². The lowest BCUT2D eigenvalue weighted by molar-refractivity contribution is 0.214. The van der Waals surface area contributed by atoms with E-state index >= 15 is 0 Å². The highest BCUT2D eigenvalue weighted by atomic mass is 32.2. The van der Waals surface area contributed by atoms with Crippen LogP contribution in [-0.4, -0.2) is 35.3 Å². The second-order valence-electron chi connectivity index (χ2n) is 5.08. The van der Waals surface area contributed by atoms with Gasteiger partial charge in [0.05, 0.1) is 12.6 Å². The second-order valence-corrected chi connectivity index (χ2v) is 6.15. The molecule has 1 fully saturated rings. The first-order valence-corrected chi connectivity index (χ1v) is 8.29. The molecule has 1 aliphatic carbocycles. The van der Waals surface area contributed by atoms with E-state index in [9.17, 15) is 9.90 Å². The van der Waals surface area contributed by atoms with Gasteiger partial charge < -0.3 is 15.7 Å². The second kappa shape index (κ2) is 7.55. The van der Waals surface area contributed by atoms with E-state index in [1.54, 1.807) is 0 Å². The third-order valence-corrected chi connectivity index (χ3v) is 4.93. The average Bonchev–Trinajstić information content (AvgIpc) is 2.92. The van der Waals surface area contributed by atoms with Gasteiger partial charge in [0.25, 0.3) is 0 Å². The molecule has 0 unspecified atom stereocenters. The molecule has 0 aromatic heterocycles. The lowest BCUT2D eigenvalue weighted by Gasteiger charge is -2.22. The molecule has 0 aliphatic heterocycles. The molecule has 3 atom stereocenters. The largest absolute Gasteiger partial charge is 0.394 e. The minimum Gasteiger partial charge on any atom is -0.394 e. The smallest absolute Gasteiger partial charge is 0.315 e. The minimum absolute atomic E-state index is 0.103. The van der Waals surface area contributed by atoms with Crippen LogP contribution in [0.1, 0.15) is 30.9 Å². The summed E-state index contributed by atoms with van der Waals surface area (Å²) in [5, 5.41) is 15.8. The van der Waals surface area contributed by atoms with Crippen LogP contribution < -0.4 is 10.6 Å². The normalized spacial score (nSPS) is 23.3. The van der Waals surface area contributed by atoms with Crippen molar-refractivity contribution in [3.05, 3.63) is 35.9 Å². The Kier molecular flexibility index (Phi) is 5.73. The Hall–Kier alpha value is -1.20. The molecule has 1 aliphatic rings. The Morgan fingerprint density at radius 3 is 2.80 bits per heavy atom. The van der Waals surface area contributed by atoms with E-state index in [1.807, 2.05) is 42.1 Å². The number of hydrogen-bond donors (Lipinski definition) is 3. The molecular weight excluding hydrogens is 272 g/mol. The van der Waals surface area contributed by atoms with E-state index in [0.717, 1.165) is 18.4 Å². The van der Waals surface area contributed by atoms with Crippen molar-refractivity contribution in [1.82, 2.24) is 10.6 Å². The summed E-state index contributed by atoms with van der Waals surface area (Å²) in [6, 6.07) is 9.21. The summed E-state index contributed by atoms with van der Waals surface area (Å²) in [7, 11) is 0. The van der Waals surface area contributed by atoms with Gasteiger partial charge in [-0.05, 0) is 24.7 Å². The van der Waals surface area contributed by atoms with Gasteiger partial charge in [0, 0.05) is 11.3 Å². The number of hydrogen-bond acceptors (Lipinski definition) is 3. The van der Waals surface area contributed by atoms with E-state index in [-0.39, 0.29) is 24.7 Å². The van der Waals surface area contributed by atoms with Crippen molar-refractivity contribution in [1.29, 1.82) is 0 Å². The number of carbonyl (C=O) groups excluding carboxylic acids is 1. The number of thioether (sulfide) groups is 1. The Balaban J connectivity index is 1.90. The maximum Gasteiger partial charge on any atom is 0.315 e. The Morgan fingerprint density at radius 2 is 2.15 bits per heavy atom. The number of urea groups is 1. The molecule has 0 spiro atoms. The summed E-state index contributed by atoms with van der Waals surface area (Å²) in [4.78, 5) is 12.1. The van der Waals surface area contributed by atoms with Crippen molar-refractivity contribution in [2.75, 3.05) is 12.9 Å². The lowest BCUT2D eigenvalue weighted by atomic mass is 10.1. The summed E-state index contributed by atoms with van der Waals surface area (Å²) in [6.45, 7) is -0.103. The molecule has 0 saturated heterocycles. The van der Waals surface area contributed by atoms with Gasteiger partial charge in [0.1, 0.15) is 0 Å². The standard InChI is InChI=1S/C15H22N2O2S/c1-20-14-9-5-8-12(14)16-15(19)17-13(10-18)11-6-3-2-4-7-11/h2-4,6-7,12-14,18H,5,8-10H2,1H3,(H2,16,17,19)/t12-,13+,14+/m0/s1. The van der Waals surface area contributed by atoms with Crippen LogP contribution in [0.2, 0.25) is 0 Å². The third-order valence-electron chi connectivity index (χ3n) is 3.76. The van der Waals surface area contributed by atoms with Crippen molar-refractivity contribution in [2.24, 2.45) is 0 Å². The molecule has 1 aromatic rings. The number of nitrogens with one attached hydrogen (secondary N) is 2. The minimum atomic E-state index is -0.356. The van der Waals surface area contributed by atoms with Crippen molar-refractivity contribution < 1.29 is 9.90 Å². The van der Waals surface area contributed by atoms with Crippen LogP contribution in [-0.2, 0) is 0 Å². The summed E-state index contributed by atoms with van der Waals surface area (Å²) >= 11 is 1.81. The molecular formula is C15H22N2O2S. The van der Waals surface area contributed by atoms with Gasteiger partial charge in [0.2, 0.25) is 0 Å². The van der Waals surface area contributed by atoms with Gasteiger partial charge in [0.15, 0.2) is 0 Å². The molecule has 5 heteroatoms. The van der Waals surface area contributed by atoms with Crippen LogP contribution in [0.3, 0.4) is 0 Å². The SMILES string of the molecule is CS[C@@H]1CCC[C@@H]1NC(=O)N[C@H](CO)c1ccccc1. The predicted molar refractivity (Wildman–Crippen MR) is 82.9 cm³/mol. The Morgan fingerprint density at radius 1 is 1.40 bits per heavy atom. The van der Waals surface area contributed by atoms with Crippen molar-refractivity contribution >= 4 is 17.8 Å². The average molecular weight is 294 g/mol. The zero-order valence-electron chi connectivity index (χ0n) is 11.7. The first kappa shape index (κ1) is 15.2. The van der Waals surface area contributed by atoms with E-state index in [1.165, 1.54) is 6.42 Å². The van der Waals surface area contributed by atoms with E-state index in [0.29, 0.717) is 5.25 Å². The number of aliphatic hydroxyl groups excluding tert-OH is 1. The van der Waals surface area contributed by atoms with Crippen molar-refractivity contribution in [3.63, 3.8) is 0 Å². The number of benzene rings is 1. The summed E-state index contributed by atoms with van der Waals surface area (Å²) in [5.74, 6) is 0. The number of aliphatic hydroxyl groups is 1. The number of rotatable bonds is 5. The summed E-state index contributed by atoms with van der Waals surface area (Å²) < 4.78 is 0. The summed E-state index contributed by atoms with van der Waals surface area (Å²) in [6.07, 6.45) is 5.45. The highest BCUT2D eigenvalue weighted by molar-refractivity contribution is 7.99. The van der Waals surface area contributed by atoms with E-state index in [4.69, 9.17) is 0 Å². The van der Waals surface area contributed by atoms with E-state index in [2.05, 4.69) is 16.9 Å². The quantitative estimate of drug-likeness (QED) is 0.781. The predicted octanol–water partition coefficient (Wildman–Crippen LogP) is 2.30. The maximum absolute atomic E-state index is 12.1. The van der Waals surface area contributed by atoms with Crippen LogP contribution in [0.15, 0.2) is 30.3 Å². The molecule has 4 nitrogen and oxygen atoms in total. The van der Waals surface area contributed by atoms with Crippen LogP contribution in [0.25, 0.3) is 0 Å². The molecule has 2 rings (SSSR count). The lowest BCUT2D eigenvalue weighted by Crippen LogP contribution is -2.46. The highest BCUT2D eigenvalue weighted by Gasteiger charge is 2.28. The molecule has 2 amide bonds. The molecule has 1 aromatic carbocycles. The van der Waals surface area contributed by atoms with Crippen LogP contribution in [0, 0.1) is 0 Å². The van der Waals surface area contributed by atoms with Crippen LogP contribution >= 0.6 is 11.8 Å². The fraction of sp³-hybridized carbons (Fsp3) is 0.533. The first-order valence-electron chi connectivity index (χ1n) is 7.00. The van der Waals surface area contributed by atoms with Gasteiger partial charge in [-0.15, -0.1) is 0 Å². The number of amides is 2. The maximum atomic E-state index is 12.1. The molecule has 1 saturated carbocycles. The summed E-state index contributed by atoms with van der Waals surface area (Å²) in [5.41, 5.74) is 0.915. The number of carbonyl (C=O) groups is 1.